The van der Waals surface area contributed by atoms with Crippen molar-refractivity contribution < 1.29 is 28.6 Å². The summed E-state index contributed by atoms with van der Waals surface area (Å²) in [7, 11) is 0. The number of hydrogen-bond donors (Lipinski definition) is 1. The minimum absolute atomic E-state index is 0.0209. The molecule has 220 valence electrons. The number of urea groups is 1. The van der Waals surface area contributed by atoms with Crippen LogP contribution in [0.5, 0.6) is 11.6 Å². The van der Waals surface area contributed by atoms with Crippen LogP contribution >= 0.6 is 0 Å². The standard InChI is InChI=1S/C32H35FN4O5/c33-30-24(8-11-29(34-30)42-27-9-6-23(7-10-27)31(38)39)20-35-16-12-26(13-17-35)37-28(22-4-2-1-3-5-22)21-36(32(37)40)25-14-18-41-19-15-25/h1-11,25-26,28H,12-21H2,(H,38,39). The third kappa shape index (κ3) is 6.10. The first-order valence-corrected chi connectivity index (χ1v) is 14.6. The molecule has 1 aromatic heterocycles. The number of benzene rings is 2. The first-order chi connectivity index (χ1) is 20.5. The molecule has 42 heavy (non-hydrogen) atoms. The zero-order valence-corrected chi connectivity index (χ0v) is 23.4. The summed E-state index contributed by atoms with van der Waals surface area (Å²) in [6.45, 7) is 4.01. The lowest BCUT2D eigenvalue weighted by Crippen LogP contribution is -2.48. The van der Waals surface area contributed by atoms with Gasteiger partial charge in [0.15, 0.2) is 0 Å². The fraction of sp³-hybridized carbons (Fsp3) is 0.406. The van der Waals surface area contributed by atoms with E-state index in [4.69, 9.17) is 14.6 Å². The predicted octanol–water partition coefficient (Wildman–Crippen LogP) is 5.33. The number of rotatable bonds is 8. The van der Waals surface area contributed by atoms with Crippen LogP contribution in [0.15, 0.2) is 66.7 Å². The first-order valence-electron chi connectivity index (χ1n) is 14.6. The van der Waals surface area contributed by atoms with Gasteiger partial charge in [-0.15, -0.1) is 0 Å². The minimum atomic E-state index is -1.03. The number of aromatic nitrogens is 1. The van der Waals surface area contributed by atoms with Crippen molar-refractivity contribution in [3.8, 4) is 11.6 Å². The average molecular weight is 575 g/mol. The van der Waals surface area contributed by atoms with Gasteiger partial charge in [-0.3, -0.25) is 4.90 Å². The number of carbonyl (C=O) groups excluding carboxylic acids is 1. The monoisotopic (exact) mass is 574 g/mol. The van der Waals surface area contributed by atoms with Crippen molar-refractivity contribution in [3.63, 3.8) is 0 Å². The van der Waals surface area contributed by atoms with Crippen LogP contribution in [0.2, 0.25) is 0 Å². The number of nitrogens with zero attached hydrogens (tertiary/aromatic N) is 4. The van der Waals surface area contributed by atoms with Gasteiger partial charge in [0.1, 0.15) is 5.75 Å². The molecule has 3 aliphatic heterocycles. The smallest absolute Gasteiger partial charge is 0.335 e. The maximum absolute atomic E-state index is 14.9. The number of hydrogen-bond acceptors (Lipinski definition) is 6. The maximum atomic E-state index is 14.9. The summed E-state index contributed by atoms with van der Waals surface area (Å²) < 4.78 is 26.1. The Morgan fingerprint density at radius 2 is 1.67 bits per heavy atom. The summed E-state index contributed by atoms with van der Waals surface area (Å²) in [4.78, 5) is 35.2. The average Bonchev–Trinajstić information content (AvgIpc) is 3.37. The summed E-state index contributed by atoms with van der Waals surface area (Å²) in [6, 6.07) is 19.9. The SMILES string of the molecule is O=C(O)c1ccc(Oc2ccc(CN3CCC(N4C(=O)N(C5CCOCC5)CC4c4ccccc4)CC3)c(F)n2)cc1. The van der Waals surface area contributed by atoms with Gasteiger partial charge in [-0.2, -0.15) is 9.37 Å². The topological polar surface area (TPSA) is 95.4 Å². The Balaban J connectivity index is 1.08. The number of amides is 2. The Labute approximate surface area is 244 Å². The minimum Gasteiger partial charge on any atom is -0.478 e. The number of halogens is 1. The van der Waals surface area contributed by atoms with E-state index in [1.54, 1.807) is 12.1 Å². The van der Waals surface area contributed by atoms with Crippen LogP contribution in [-0.2, 0) is 11.3 Å². The Hall–Kier alpha value is -4.02. The van der Waals surface area contributed by atoms with E-state index >= 15 is 0 Å². The van der Waals surface area contributed by atoms with Gasteiger partial charge < -0.3 is 24.4 Å². The molecule has 3 aliphatic rings. The highest BCUT2D eigenvalue weighted by molar-refractivity contribution is 5.87. The van der Waals surface area contributed by atoms with Crippen molar-refractivity contribution in [1.29, 1.82) is 0 Å². The lowest BCUT2D eigenvalue weighted by molar-refractivity contribution is 0.0493. The number of carbonyl (C=O) groups is 2. The lowest BCUT2D eigenvalue weighted by atomic mass is 9.98. The van der Waals surface area contributed by atoms with E-state index in [1.165, 1.54) is 24.3 Å². The molecule has 4 heterocycles. The molecule has 1 N–H and O–H groups in total. The van der Waals surface area contributed by atoms with Gasteiger partial charge in [-0.05, 0) is 61.6 Å². The highest BCUT2D eigenvalue weighted by Crippen LogP contribution is 2.37. The molecular formula is C32H35FN4O5. The number of aromatic carboxylic acids is 1. The molecule has 3 aromatic rings. The molecule has 2 aromatic carbocycles. The van der Waals surface area contributed by atoms with Crippen molar-refractivity contribution in [2.75, 3.05) is 32.8 Å². The zero-order valence-electron chi connectivity index (χ0n) is 23.4. The molecule has 1 unspecified atom stereocenters. The van der Waals surface area contributed by atoms with Crippen LogP contribution in [-0.4, -0.2) is 81.7 Å². The van der Waals surface area contributed by atoms with Crippen molar-refractivity contribution >= 4 is 12.0 Å². The van der Waals surface area contributed by atoms with Crippen molar-refractivity contribution in [1.82, 2.24) is 19.7 Å². The second-order valence-corrected chi connectivity index (χ2v) is 11.2. The van der Waals surface area contributed by atoms with Crippen LogP contribution in [0.25, 0.3) is 0 Å². The van der Waals surface area contributed by atoms with Gasteiger partial charge in [-0.25, -0.2) is 9.59 Å². The van der Waals surface area contributed by atoms with E-state index < -0.39 is 11.9 Å². The lowest BCUT2D eigenvalue weighted by Gasteiger charge is -2.39. The highest BCUT2D eigenvalue weighted by Gasteiger charge is 2.45. The molecule has 0 saturated carbocycles. The molecule has 0 bridgehead atoms. The highest BCUT2D eigenvalue weighted by atomic mass is 19.1. The van der Waals surface area contributed by atoms with E-state index in [0.717, 1.165) is 44.3 Å². The number of carboxylic acids is 1. The number of pyridine rings is 1. The summed E-state index contributed by atoms with van der Waals surface area (Å²) in [5, 5.41) is 9.04. The van der Waals surface area contributed by atoms with E-state index in [0.29, 0.717) is 37.6 Å². The normalized spacial score (nSPS) is 20.7. The van der Waals surface area contributed by atoms with Crippen LogP contribution < -0.4 is 4.74 Å². The molecule has 9 nitrogen and oxygen atoms in total. The van der Waals surface area contributed by atoms with Crippen LogP contribution in [0.4, 0.5) is 9.18 Å². The summed E-state index contributed by atoms with van der Waals surface area (Å²) in [6.07, 6.45) is 3.39. The van der Waals surface area contributed by atoms with E-state index in [1.807, 2.05) is 18.2 Å². The molecule has 3 saturated heterocycles. The third-order valence-corrected chi connectivity index (χ3v) is 8.56. The number of piperidine rings is 1. The van der Waals surface area contributed by atoms with E-state index in [-0.39, 0.29) is 35.6 Å². The number of likely N-dealkylation sites (tertiary alicyclic amines) is 1. The van der Waals surface area contributed by atoms with E-state index in [9.17, 15) is 14.0 Å². The third-order valence-electron chi connectivity index (χ3n) is 8.56. The molecule has 3 fully saturated rings. The van der Waals surface area contributed by atoms with Crippen molar-refractivity contribution in [3.05, 3.63) is 89.4 Å². The second-order valence-electron chi connectivity index (χ2n) is 11.2. The largest absolute Gasteiger partial charge is 0.478 e. The van der Waals surface area contributed by atoms with Gasteiger partial charge in [-0.1, -0.05) is 30.3 Å². The molecule has 0 aliphatic carbocycles. The quantitative estimate of drug-likeness (QED) is 0.363. The molecule has 0 spiro atoms. The van der Waals surface area contributed by atoms with Crippen molar-refractivity contribution in [2.45, 2.75) is 50.4 Å². The summed E-state index contributed by atoms with van der Waals surface area (Å²) in [5.41, 5.74) is 1.78. The fourth-order valence-electron chi connectivity index (χ4n) is 6.29. The Kier molecular flexibility index (Phi) is 8.34. The van der Waals surface area contributed by atoms with Crippen LogP contribution in [0, 0.1) is 5.95 Å². The van der Waals surface area contributed by atoms with Crippen LogP contribution in [0.1, 0.15) is 53.2 Å². The zero-order chi connectivity index (χ0) is 29.1. The van der Waals surface area contributed by atoms with E-state index in [2.05, 4.69) is 31.8 Å². The van der Waals surface area contributed by atoms with Gasteiger partial charge in [0.05, 0.1) is 11.6 Å². The molecule has 10 heteroatoms. The van der Waals surface area contributed by atoms with Crippen LogP contribution in [0.3, 0.4) is 0 Å². The Morgan fingerprint density at radius 3 is 2.33 bits per heavy atom. The molecule has 0 radical (unpaired) electrons. The van der Waals surface area contributed by atoms with Gasteiger partial charge in [0.2, 0.25) is 11.8 Å². The van der Waals surface area contributed by atoms with Gasteiger partial charge >= 0.3 is 12.0 Å². The summed E-state index contributed by atoms with van der Waals surface area (Å²) >= 11 is 0. The van der Waals surface area contributed by atoms with Gasteiger partial charge in [0, 0.05) is 63.1 Å². The molecule has 6 rings (SSSR count). The fourth-order valence-corrected chi connectivity index (χ4v) is 6.29. The Bertz CT molecular complexity index is 1390. The summed E-state index contributed by atoms with van der Waals surface area (Å²) in [5.74, 6) is -1.14. The predicted molar refractivity (Wildman–Crippen MR) is 153 cm³/mol. The second kappa shape index (κ2) is 12.5. The number of carboxylic acid groups (broad SMARTS) is 1. The Morgan fingerprint density at radius 1 is 0.952 bits per heavy atom. The maximum Gasteiger partial charge on any atom is 0.335 e. The van der Waals surface area contributed by atoms with Crippen molar-refractivity contribution in [2.24, 2.45) is 0 Å². The number of ether oxygens (including phenoxy) is 2. The molecule has 2 amide bonds. The molecule has 1 atom stereocenters. The van der Waals surface area contributed by atoms with Gasteiger partial charge in [0.25, 0.3) is 0 Å². The first kappa shape index (κ1) is 28.1. The molecular weight excluding hydrogens is 539 g/mol.